The number of anilines is 2. The minimum atomic E-state index is -0.594. The molecule has 21 heavy (non-hydrogen) atoms. The Morgan fingerprint density at radius 2 is 1.95 bits per heavy atom. The van der Waals surface area contributed by atoms with Crippen LogP contribution < -0.4 is 16.0 Å². The molecule has 1 aliphatic rings. The topological polar surface area (TPSA) is 75.4 Å². The fourth-order valence-electron chi connectivity index (χ4n) is 2.04. The van der Waals surface area contributed by atoms with Crippen molar-refractivity contribution in [1.29, 1.82) is 0 Å². The van der Waals surface area contributed by atoms with Gasteiger partial charge in [0.15, 0.2) is 0 Å². The van der Waals surface area contributed by atoms with Crippen LogP contribution in [0.3, 0.4) is 0 Å². The van der Waals surface area contributed by atoms with Crippen LogP contribution >= 0.6 is 12.4 Å². The largest absolute Gasteiger partial charge is 0.329 e. The number of nitrogens with two attached hydrogens (primary N) is 1. The molecule has 0 unspecified atom stereocenters. The summed E-state index contributed by atoms with van der Waals surface area (Å²) in [6.07, 6.45) is 1.52. The molecule has 0 radical (unpaired) electrons. The van der Waals surface area contributed by atoms with Gasteiger partial charge in [-0.2, -0.15) is 0 Å². The molecule has 0 saturated carbocycles. The first-order valence-electron chi connectivity index (χ1n) is 6.86. The first-order valence-corrected chi connectivity index (χ1v) is 6.86. The van der Waals surface area contributed by atoms with Crippen molar-refractivity contribution in [1.82, 2.24) is 0 Å². The van der Waals surface area contributed by atoms with Crippen molar-refractivity contribution in [2.75, 3.05) is 23.3 Å². The Hall–Kier alpha value is -1.59. The normalized spacial score (nSPS) is 14.8. The molecule has 116 valence electrons. The van der Waals surface area contributed by atoms with E-state index in [1.54, 1.807) is 18.7 Å². The van der Waals surface area contributed by atoms with Crippen molar-refractivity contribution >= 4 is 35.6 Å². The predicted octanol–water partition coefficient (Wildman–Crippen LogP) is 2.16. The van der Waals surface area contributed by atoms with Gasteiger partial charge in [-0.1, -0.05) is 0 Å². The molecule has 2 rings (SSSR count). The van der Waals surface area contributed by atoms with Gasteiger partial charge in [0.05, 0.1) is 5.41 Å². The molecule has 1 aliphatic heterocycles. The third-order valence-corrected chi connectivity index (χ3v) is 3.64. The second-order valence-electron chi connectivity index (χ2n) is 5.74. The highest BCUT2D eigenvalue weighted by Crippen LogP contribution is 2.24. The Morgan fingerprint density at radius 3 is 2.43 bits per heavy atom. The van der Waals surface area contributed by atoms with Crippen LogP contribution in [-0.4, -0.2) is 24.9 Å². The number of nitrogens with one attached hydrogen (secondary N) is 1. The van der Waals surface area contributed by atoms with Crippen molar-refractivity contribution in [3.05, 3.63) is 24.3 Å². The van der Waals surface area contributed by atoms with E-state index >= 15 is 0 Å². The Morgan fingerprint density at radius 1 is 1.33 bits per heavy atom. The van der Waals surface area contributed by atoms with Crippen LogP contribution in [-0.2, 0) is 9.59 Å². The fourth-order valence-corrected chi connectivity index (χ4v) is 2.04. The summed E-state index contributed by atoms with van der Waals surface area (Å²) in [5, 5.41) is 2.84. The van der Waals surface area contributed by atoms with E-state index in [1.807, 2.05) is 24.3 Å². The van der Waals surface area contributed by atoms with Crippen molar-refractivity contribution in [3.8, 4) is 0 Å². The molecule has 1 fully saturated rings. The zero-order valence-electron chi connectivity index (χ0n) is 12.4. The van der Waals surface area contributed by atoms with Crippen LogP contribution in [0.4, 0.5) is 11.4 Å². The summed E-state index contributed by atoms with van der Waals surface area (Å²) in [5.74, 6) is 0.0519. The van der Waals surface area contributed by atoms with E-state index in [4.69, 9.17) is 5.73 Å². The molecular formula is C15H22ClN3O2. The maximum Gasteiger partial charge on any atom is 0.231 e. The molecule has 3 N–H and O–H groups in total. The standard InChI is InChI=1S/C15H21N3O2.ClH/c1-15(2,10-16)14(20)17-11-5-7-12(8-6-11)18-9-3-4-13(18)19;/h5-8H,3-4,9-10,16H2,1-2H3,(H,17,20);1H. The van der Waals surface area contributed by atoms with Gasteiger partial charge in [0, 0.05) is 30.9 Å². The van der Waals surface area contributed by atoms with E-state index in [0.29, 0.717) is 18.7 Å². The quantitative estimate of drug-likeness (QED) is 0.894. The monoisotopic (exact) mass is 311 g/mol. The van der Waals surface area contributed by atoms with Gasteiger partial charge in [0.2, 0.25) is 11.8 Å². The maximum absolute atomic E-state index is 12.0. The molecule has 0 bridgehead atoms. The summed E-state index contributed by atoms with van der Waals surface area (Å²) >= 11 is 0. The van der Waals surface area contributed by atoms with Gasteiger partial charge >= 0.3 is 0 Å². The third kappa shape index (κ3) is 3.95. The number of hydrogen-bond acceptors (Lipinski definition) is 3. The number of carbonyl (C=O) groups excluding carboxylic acids is 2. The summed E-state index contributed by atoms with van der Waals surface area (Å²) in [4.78, 5) is 25.4. The lowest BCUT2D eigenvalue weighted by Crippen LogP contribution is -2.37. The Labute approximate surface area is 131 Å². The fraction of sp³-hybridized carbons (Fsp3) is 0.467. The molecule has 0 aliphatic carbocycles. The van der Waals surface area contributed by atoms with Gasteiger partial charge in [-0.3, -0.25) is 9.59 Å². The first-order chi connectivity index (χ1) is 9.44. The summed E-state index contributed by atoms with van der Waals surface area (Å²) < 4.78 is 0. The zero-order valence-corrected chi connectivity index (χ0v) is 13.2. The highest BCUT2D eigenvalue weighted by atomic mass is 35.5. The number of benzene rings is 1. The Bertz CT molecular complexity index is 514. The van der Waals surface area contributed by atoms with Crippen LogP contribution in [0.5, 0.6) is 0 Å². The van der Waals surface area contributed by atoms with Crippen molar-refractivity contribution in [3.63, 3.8) is 0 Å². The van der Waals surface area contributed by atoms with Crippen LogP contribution in [0.2, 0.25) is 0 Å². The molecule has 1 aromatic rings. The number of carbonyl (C=O) groups is 2. The minimum Gasteiger partial charge on any atom is -0.329 e. The Balaban J connectivity index is 0.00000220. The molecular weight excluding hydrogens is 290 g/mol. The smallest absolute Gasteiger partial charge is 0.231 e. The lowest BCUT2D eigenvalue weighted by atomic mass is 9.92. The van der Waals surface area contributed by atoms with Gasteiger partial charge in [-0.05, 0) is 44.5 Å². The highest BCUT2D eigenvalue weighted by molar-refractivity contribution is 5.97. The van der Waals surface area contributed by atoms with Gasteiger partial charge in [0.1, 0.15) is 0 Å². The molecule has 0 aromatic heterocycles. The molecule has 1 heterocycles. The van der Waals surface area contributed by atoms with Gasteiger partial charge in [0.25, 0.3) is 0 Å². The van der Waals surface area contributed by atoms with Crippen LogP contribution in [0.15, 0.2) is 24.3 Å². The third-order valence-electron chi connectivity index (χ3n) is 3.64. The van der Waals surface area contributed by atoms with Gasteiger partial charge < -0.3 is 16.0 Å². The van der Waals surface area contributed by atoms with E-state index < -0.39 is 5.41 Å². The van der Waals surface area contributed by atoms with E-state index in [2.05, 4.69) is 5.32 Å². The van der Waals surface area contributed by atoms with Crippen molar-refractivity contribution in [2.45, 2.75) is 26.7 Å². The predicted molar refractivity (Wildman–Crippen MR) is 86.7 cm³/mol. The average Bonchev–Trinajstić information content (AvgIpc) is 2.86. The van der Waals surface area contributed by atoms with E-state index in [1.165, 1.54) is 0 Å². The SMILES string of the molecule is CC(C)(CN)C(=O)Nc1ccc(N2CCCC2=O)cc1.Cl. The molecule has 1 aromatic carbocycles. The van der Waals surface area contributed by atoms with E-state index in [9.17, 15) is 9.59 Å². The Kier molecular flexibility index (Phi) is 5.75. The second kappa shape index (κ2) is 6.91. The molecule has 6 heteroatoms. The van der Waals surface area contributed by atoms with Crippen molar-refractivity contribution in [2.24, 2.45) is 11.1 Å². The number of nitrogens with zero attached hydrogens (tertiary/aromatic N) is 1. The van der Waals surface area contributed by atoms with Crippen LogP contribution in [0.1, 0.15) is 26.7 Å². The van der Waals surface area contributed by atoms with Crippen LogP contribution in [0.25, 0.3) is 0 Å². The van der Waals surface area contributed by atoms with Gasteiger partial charge in [-0.15, -0.1) is 12.4 Å². The molecule has 5 nitrogen and oxygen atoms in total. The summed E-state index contributed by atoms with van der Waals surface area (Å²) in [6.45, 7) is 4.67. The molecule has 2 amide bonds. The van der Waals surface area contributed by atoms with Gasteiger partial charge in [-0.25, -0.2) is 0 Å². The highest BCUT2D eigenvalue weighted by Gasteiger charge is 2.26. The number of amides is 2. The lowest BCUT2D eigenvalue weighted by Gasteiger charge is -2.21. The minimum absolute atomic E-state index is 0. The number of halogens is 1. The summed E-state index contributed by atoms with van der Waals surface area (Å²) in [7, 11) is 0. The lowest BCUT2D eigenvalue weighted by molar-refractivity contribution is -0.123. The molecule has 1 saturated heterocycles. The average molecular weight is 312 g/mol. The maximum atomic E-state index is 12.0. The van der Waals surface area contributed by atoms with Crippen LogP contribution in [0, 0.1) is 5.41 Å². The molecule has 0 atom stereocenters. The van der Waals surface area contributed by atoms with Crippen molar-refractivity contribution < 1.29 is 9.59 Å². The number of rotatable bonds is 4. The summed E-state index contributed by atoms with van der Waals surface area (Å²) in [5.41, 5.74) is 6.58. The molecule has 0 spiro atoms. The second-order valence-corrected chi connectivity index (χ2v) is 5.74. The van der Waals surface area contributed by atoms with E-state index in [-0.39, 0.29) is 24.2 Å². The summed E-state index contributed by atoms with van der Waals surface area (Å²) in [6, 6.07) is 7.33. The zero-order chi connectivity index (χ0) is 14.8. The number of hydrogen-bond donors (Lipinski definition) is 2. The first kappa shape index (κ1) is 17.5. The van der Waals surface area contributed by atoms with E-state index in [0.717, 1.165) is 18.7 Å².